The summed E-state index contributed by atoms with van der Waals surface area (Å²) in [5.41, 5.74) is 6.05. The van der Waals surface area contributed by atoms with E-state index in [0.29, 0.717) is 46.0 Å². The molecule has 0 radical (unpaired) electrons. The van der Waals surface area contributed by atoms with E-state index < -0.39 is 0 Å². The Morgan fingerprint density at radius 2 is 1.07 bits per heavy atom. The molecule has 46 heavy (non-hydrogen) atoms. The van der Waals surface area contributed by atoms with Crippen molar-refractivity contribution in [2.45, 2.75) is 26.1 Å². The van der Waals surface area contributed by atoms with Gasteiger partial charge in [0.2, 0.25) is 0 Å². The zero-order valence-corrected chi connectivity index (χ0v) is 27.1. The number of aryl methyl sites for hydroxylation is 2. The van der Waals surface area contributed by atoms with Crippen LogP contribution in [0.3, 0.4) is 0 Å². The average molecular weight is 664 g/mol. The SMILES string of the molecule is Cc1cc(C(=O)Nc2ccc([C@@H]3CNCCO3)cc2)cc(Cl)n1.Cc1cc(C(=O)Nc2ccc([C@H]3CNCCO3)cc2)cc(Cl)n1. The molecule has 0 saturated carbocycles. The number of nitrogens with one attached hydrogen (secondary N) is 4. The van der Waals surface area contributed by atoms with E-state index in [-0.39, 0.29) is 24.0 Å². The van der Waals surface area contributed by atoms with Gasteiger partial charge in [0.05, 0.1) is 25.4 Å². The fourth-order valence-corrected chi connectivity index (χ4v) is 5.55. The molecule has 2 aliphatic heterocycles. The first-order chi connectivity index (χ1) is 22.2. The molecule has 0 unspecified atom stereocenters. The molecule has 2 aliphatic rings. The molecule has 0 spiro atoms. The van der Waals surface area contributed by atoms with Gasteiger partial charge in [0.15, 0.2) is 0 Å². The molecule has 240 valence electrons. The van der Waals surface area contributed by atoms with E-state index in [1.165, 1.54) is 0 Å². The van der Waals surface area contributed by atoms with Crippen molar-refractivity contribution < 1.29 is 19.1 Å². The lowest BCUT2D eigenvalue weighted by Gasteiger charge is -2.24. The van der Waals surface area contributed by atoms with Gasteiger partial charge in [0, 0.05) is 60.1 Å². The van der Waals surface area contributed by atoms with E-state index in [9.17, 15) is 9.59 Å². The van der Waals surface area contributed by atoms with Gasteiger partial charge in [0.1, 0.15) is 10.3 Å². The Kier molecular flexibility index (Phi) is 11.7. The number of aromatic nitrogens is 2. The summed E-state index contributed by atoms with van der Waals surface area (Å²) in [7, 11) is 0. The van der Waals surface area contributed by atoms with E-state index in [1.54, 1.807) is 38.1 Å². The maximum Gasteiger partial charge on any atom is 0.255 e. The summed E-state index contributed by atoms with van der Waals surface area (Å²) in [6, 6.07) is 21.9. The van der Waals surface area contributed by atoms with E-state index in [0.717, 1.165) is 48.7 Å². The van der Waals surface area contributed by atoms with Gasteiger partial charge >= 0.3 is 0 Å². The summed E-state index contributed by atoms with van der Waals surface area (Å²) in [5, 5.41) is 12.9. The second-order valence-corrected chi connectivity index (χ2v) is 11.7. The van der Waals surface area contributed by atoms with Crippen LogP contribution in [0.1, 0.15) is 55.4 Å². The van der Waals surface area contributed by atoms with E-state index in [4.69, 9.17) is 32.7 Å². The lowest BCUT2D eigenvalue weighted by molar-refractivity contribution is 0.0276. The third-order valence-corrected chi connectivity index (χ3v) is 7.69. The largest absolute Gasteiger partial charge is 0.371 e. The first-order valence-electron chi connectivity index (χ1n) is 15.0. The molecule has 2 aromatic heterocycles. The van der Waals surface area contributed by atoms with Crippen LogP contribution in [0.25, 0.3) is 0 Å². The van der Waals surface area contributed by atoms with Gasteiger partial charge in [-0.2, -0.15) is 0 Å². The number of hydrogen-bond acceptors (Lipinski definition) is 8. The van der Waals surface area contributed by atoms with Crippen LogP contribution >= 0.6 is 23.2 Å². The topological polar surface area (TPSA) is 126 Å². The van der Waals surface area contributed by atoms with Crippen LogP contribution in [0.4, 0.5) is 11.4 Å². The van der Waals surface area contributed by atoms with Crippen molar-refractivity contribution in [3.8, 4) is 0 Å². The second kappa shape index (κ2) is 16.1. The number of halogens is 2. The van der Waals surface area contributed by atoms with Crippen molar-refractivity contribution in [2.24, 2.45) is 0 Å². The highest BCUT2D eigenvalue weighted by atomic mass is 35.5. The van der Waals surface area contributed by atoms with Crippen LogP contribution in [0, 0.1) is 13.8 Å². The standard InChI is InChI=1S/2C17H18ClN3O2/c2*1-11-8-13(9-16(18)20-11)17(22)21-14-4-2-12(3-5-14)15-10-19-6-7-23-15/h2*2-5,8-9,15,19H,6-7,10H2,1H3,(H,21,22)/t2*15-/m10/s1. The average Bonchev–Trinajstić information content (AvgIpc) is 3.06. The number of carbonyl (C=O) groups excluding carboxylic acids is 2. The molecule has 12 heteroatoms. The predicted octanol–water partition coefficient (Wildman–Crippen LogP) is 5.91. The van der Waals surface area contributed by atoms with Crippen LogP contribution in [0.2, 0.25) is 10.3 Å². The number of rotatable bonds is 6. The number of amides is 2. The third-order valence-electron chi connectivity index (χ3n) is 7.30. The molecule has 0 bridgehead atoms. The minimum absolute atomic E-state index is 0.0650. The van der Waals surface area contributed by atoms with Crippen LogP contribution in [0.5, 0.6) is 0 Å². The summed E-state index contributed by atoms with van der Waals surface area (Å²) < 4.78 is 11.4. The maximum absolute atomic E-state index is 12.3. The number of nitrogens with zero attached hydrogens (tertiary/aromatic N) is 2. The number of benzene rings is 2. The quantitative estimate of drug-likeness (QED) is 0.188. The van der Waals surface area contributed by atoms with Crippen LogP contribution in [0.15, 0.2) is 72.8 Å². The lowest BCUT2D eigenvalue weighted by atomic mass is 10.1. The number of hydrogen-bond donors (Lipinski definition) is 4. The molecule has 6 rings (SSSR count). The highest BCUT2D eigenvalue weighted by Gasteiger charge is 2.17. The molecule has 2 saturated heterocycles. The highest BCUT2D eigenvalue weighted by molar-refractivity contribution is 6.30. The Morgan fingerprint density at radius 1 is 0.674 bits per heavy atom. The third kappa shape index (κ3) is 9.56. The van der Waals surface area contributed by atoms with Gasteiger partial charge in [-0.1, -0.05) is 47.5 Å². The lowest BCUT2D eigenvalue weighted by Crippen LogP contribution is -2.33. The molecule has 4 aromatic rings. The molecule has 10 nitrogen and oxygen atoms in total. The molecule has 0 aliphatic carbocycles. The summed E-state index contributed by atoms with van der Waals surface area (Å²) in [6.07, 6.45) is 0.130. The zero-order valence-electron chi connectivity index (χ0n) is 25.6. The van der Waals surface area contributed by atoms with Crippen LogP contribution < -0.4 is 21.3 Å². The molecule has 4 heterocycles. The molecule has 2 atom stereocenters. The van der Waals surface area contributed by atoms with E-state index in [2.05, 4.69) is 31.2 Å². The normalized spacial score (nSPS) is 17.7. The molecular formula is C34H36Cl2N6O4. The fraction of sp³-hybridized carbons (Fsp3) is 0.294. The summed E-state index contributed by atoms with van der Waals surface area (Å²) >= 11 is 11.8. The van der Waals surface area contributed by atoms with Crippen molar-refractivity contribution >= 4 is 46.4 Å². The van der Waals surface area contributed by atoms with Crippen LogP contribution in [-0.4, -0.2) is 61.2 Å². The summed E-state index contributed by atoms with van der Waals surface area (Å²) in [6.45, 7) is 8.42. The Balaban J connectivity index is 0.000000181. The minimum Gasteiger partial charge on any atom is -0.371 e. The Hall–Kier alpha value is -3.90. The van der Waals surface area contributed by atoms with Crippen molar-refractivity contribution in [1.29, 1.82) is 0 Å². The fourth-order valence-electron chi connectivity index (χ4n) is 5.05. The predicted molar refractivity (Wildman–Crippen MR) is 180 cm³/mol. The number of morpholine rings is 2. The number of carbonyl (C=O) groups is 2. The zero-order chi connectivity index (χ0) is 32.5. The highest BCUT2D eigenvalue weighted by Crippen LogP contribution is 2.23. The minimum atomic E-state index is -0.208. The van der Waals surface area contributed by atoms with Gasteiger partial charge in [-0.15, -0.1) is 0 Å². The monoisotopic (exact) mass is 662 g/mol. The Bertz CT molecular complexity index is 1480. The summed E-state index contributed by atoms with van der Waals surface area (Å²) in [4.78, 5) is 32.7. The molecule has 2 aromatic carbocycles. The van der Waals surface area contributed by atoms with E-state index >= 15 is 0 Å². The van der Waals surface area contributed by atoms with E-state index in [1.807, 2.05) is 48.5 Å². The van der Waals surface area contributed by atoms with Gasteiger partial charge in [-0.05, 0) is 73.5 Å². The van der Waals surface area contributed by atoms with Crippen molar-refractivity contribution in [1.82, 2.24) is 20.6 Å². The number of pyridine rings is 2. The Morgan fingerprint density at radius 3 is 1.39 bits per heavy atom. The van der Waals surface area contributed by atoms with Gasteiger partial charge in [0.25, 0.3) is 11.8 Å². The Labute approximate surface area is 278 Å². The molecule has 2 fully saturated rings. The van der Waals surface area contributed by atoms with Gasteiger partial charge < -0.3 is 30.7 Å². The number of ether oxygens (including phenoxy) is 2. The second-order valence-electron chi connectivity index (χ2n) is 10.9. The molecule has 2 amide bonds. The van der Waals surface area contributed by atoms with Gasteiger partial charge in [-0.3, -0.25) is 9.59 Å². The van der Waals surface area contributed by atoms with Crippen molar-refractivity contribution in [3.05, 3.63) is 117 Å². The maximum atomic E-state index is 12.3. The number of anilines is 2. The summed E-state index contributed by atoms with van der Waals surface area (Å²) in [5.74, 6) is -0.415. The van der Waals surface area contributed by atoms with Gasteiger partial charge in [-0.25, -0.2) is 9.97 Å². The first-order valence-corrected chi connectivity index (χ1v) is 15.7. The smallest absolute Gasteiger partial charge is 0.255 e. The van der Waals surface area contributed by atoms with Crippen molar-refractivity contribution in [2.75, 3.05) is 50.0 Å². The first kappa shape index (κ1) is 33.5. The van der Waals surface area contributed by atoms with Crippen LogP contribution in [-0.2, 0) is 9.47 Å². The molecular weight excluding hydrogens is 627 g/mol. The molecule has 4 N–H and O–H groups in total. The van der Waals surface area contributed by atoms with Crippen molar-refractivity contribution in [3.63, 3.8) is 0 Å².